The summed E-state index contributed by atoms with van der Waals surface area (Å²) in [6.45, 7) is 3.34. The normalized spacial score (nSPS) is 17.5. The van der Waals surface area contributed by atoms with Crippen molar-refractivity contribution >= 4 is 11.8 Å². The third-order valence-corrected chi connectivity index (χ3v) is 4.97. The fraction of sp³-hybridized carbons (Fsp3) is 0.824. The average Bonchev–Trinajstić information content (AvgIpc) is 2.83. The predicted molar refractivity (Wildman–Crippen MR) is 92.4 cm³/mol. The van der Waals surface area contributed by atoms with E-state index in [1.165, 1.54) is 76.0 Å². The second kappa shape index (κ2) is 11.8. The van der Waals surface area contributed by atoms with E-state index >= 15 is 0 Å². The van der Waals surface area contributed by atoms with Crippen LogP contribution in [0, 0.1) is 10.7 Å². The third kappa shape index (κ3) is 7.66. The van der Waals surface area contributed by atoms with Gasteiger partial charge in [-0.05, 0) is 6.42 Å². The molecule has 4 heteroatoms. The quantitative estimate of drug-likeness (QED) is 0.369. The van der Waals surface area contributed by atoms with Crippen molar-refractivity contribution in [3.8, 4) is 5.40 Å². The van der Waals surface area contributed by atoms with Crippen LogP contribution in [-0.2, 0) is 0 Å². The first-order chi connectivity index (χ1) is 10.3. The van der Waals surface area contributed by atoms with Crippen LogP contribution < -0.4 is 0 Å². The van der Waals surface area contributed by atoms with Crippen LogP contribution in [-0.4, -0.2) is 28.9 Å². The Morgan fingerprint density at radius 1 is 0.952 bits per heavy atom. The molecule has 1 rings (SSSR count). The van der Waals surface area contributed by atoms with Crippen LogP contribution in [0.2, 0.25) is 0 Å². The van der Waals surface area contributed by atoms with E-state index in [4.69, 9.17) is 5.26 Å². The molecule has 1 atom stereocenters. The summed E-state index contributed by atoms with van der Waals surface area (Å²) >= 11 is 1.33. The molecule has 0 radical (unpaired) electrons. The smallest absolute Gasteiger partial charge is 0.163 e. The zero-order valence-electron chi connectivity index (χ0n) is 13.8. The SMILES string of the molecule is CCCCCCCCCCCCN1C=CN(C)C1SC#N. The second-order valence-corrected chi connectivity index (χ2v) is 6.76. The molecule has 1 heterocycles. The number of hydrogen-bond acceptors (Lipinski definition) is 4. The highest BCUT2D eigenvalue weighted by atomic mass is 32.2. The Bertz CT molecular complexity index is 324. The van der Waals surface area contributed by atoms with E-state index in [-0.39, 0.29) is 5.50 Å². The minimum absolute atomic E-state index is 0.175. The molecule has 0 N–H and O–H groups in total. The van der Waals surface area contributed by atoms with Crippen molar-refractivity contribution in [3.63, 3.8) is 0 Å². The van der Waals surface area contributed by atoms with Gasteiger partial charge in [0, 0.05) is 37.8 Å². The Morgan fingerprint density at radius 3 is 2.10 bits per heavy atom. The van der Waals surface area contributed by atoms with Crippen molar-refractivity contribution in [3.05, 3.63) is 12.4 Å². The summed E-state index contributed by atoms with van der Waals surface area (Å²) in [4.78, 5) is 4.38. The van der Waals surface area contributed by atoms with Crippen molar-refractivity contribution in [1.29, 1.82) is 5.26 Å². The Hall–Kier alpha value is -0.820. The van der Waals surface area contributed by atoms with Crippen LogP contribution >= 0.6 is 11.8 Å². The monoisotopic (exact) mass is 309 g/mol. The minimum Gasteiger partial charge on any atom is -0.350 e. The summed E-state index contributed by atoms with van der Waals surface area (Å²) in [5.41, 5.74) is 0.175. The van der Waals surface area contributed by atoms with E-state index in [2.05, 4.69) is 34.5 Å². The van der Waals surface area contributed by atoms with Crippen molar-refractivity contribution in [1.82, 2.24) is 9.80 Å². The number of unbranched alkanes of at least 4 members (excludes halogenated alkanes) is 9. The lowest BCUT2D eigenvalue weighted by Gasteiger charge is -2.27. The summed E-state index contributed by atoms with van der Waals surface area (Å²) in [5, 5.41) is 11.0. The molecule has 0 aliphatic carbocycles. The fourth-order valence-corrected chi connectivity index (χ4v) is 3.38. The molecule has 1 aliphatic rings. The molecule has 1 unspecified atom stereocenters. The zero-order valence-corrected chi connectivity index (χ0v) is 14.6. The second-order valence-electron chi connectivity index (χ2n) is 5.92. The van der Waals surface area contributed by atoms with Gasteiger partial charge in [0.1, 0.15) is 5.40 Å². The lowest BCUT2D eigenvalue weighted by molar-refractivity contribution is 0.258. The molecule has 0 aromatic rings. The molecule has 0 saturated carbocycles. The van der Waals surface area contributed by atoms with Gasteiger partial charge in [-0.15, -0.1) is 0 Å². The fourth-order valence-electron chi connectivity index (χ4n) is 2.74. The number of rotatable bonds is 12. The van der Waals surface area contributed by atoms with Gasteiger partial charge in [0.05, 0.1) is 0 Å². The number of nitriles is 1. The topological polar surface area (TPSA) is 30.3 Å². The molecule has 0 saturated heterocycles. The molecule has 0 fully saturated rings. The molecule has 3 nitrogen and oxygen atoms in total. The molecule has 21 heavy (non-hydrogen) atoms. The first-order valence-corrected chi connectivity index (χ1v) is 9.38. The number of nitrogens with zero attached hydrogens (tertiary/aromatic N) is 3. The van der Waals surface area contributed by atoms with Crippen molar-refractivity contribution in [2.45, 2.75) is 76.6 Å². The standard InChI is InChI=1S/C17H31N3S/c1-3-4-5-6-7-8-9-10-11-12-13-20-15-14-19(2)17(20)21-16-18/h14-15,17H,3-13H2,1-2H3. The van der Waals surface area contributed by atoms with E-state index in [1.54, 1.807) is 0 Å². The van der Waals surface area contributed by atoms with Crippen LogP contribution in [0.25, 0.3) is 0 Å². The van der Waals surface area contributed by atoms with Gasteiger partial charge in [-0.25, -0.2) is 0 Å². The lowest BCUT2D eigenvalue weighted by Crippen LogP contribution is -2.33. The summed E-state index contributed by atoms with van der Waals surface area (Å²) < 4.78 is 0. The van der Waals surface area contributed by atoms with Gasteiger partial charge in [0.25, 0.3) is 0 Å². The summed E-state index contributed by atoms with van der Waals surface area (Å²) in [6, 6.07) is 0. The summed E-state index contributed by atoms with van der Waals surface area (Å²) in [7, 11) is 2.03. The highest BCUT2D eigenvalue weighted by Gasteiger charge is 2.23. The number of thiocyanates is 1. The predicted octanol–water partition coefficient (Wildman–Crippen LogP) is 5.12. The number of hydrogen-bond donors (Lipinski definition) is 0. The molecule has 0 spiro atoms. The maximum Gasteiger partial charge on any atom is 0.163 e. The van der Waals surface area contributed by atoms with E-state index in [1.807, 2.05) is 7.05 Å². The van der Waals surface area contributed by atoms with Gasteiger partial charge >= 0.3 is 0 Å². The van der Waals surface area contributed by atoms with Gasteiger partial charge in [0.15, 0.2) is 5.50 Å². The van der Waals surface area contributed by atoms with E-state index in [9.17, 15) is 0 Å². The molecule has 1 aliphatic heterocycles. The first-order valence-electron chi connectivity index (χ1n) is 8.50. The molecule has 0 bridgehead atoms. The van der Waals surface area contributed by atoms with Gasteiger partial charge < -0.3 is 9.80 Å². The Labute approximate surface area is 135 Å². The third-order valence-electron chi connectivity index (χ3n) is 4.05. The maximum atomic E-state index is 8.84. The molecule has 0 aromatic heterocycles. The molecule has 0 aromatic carbocycles. The van der Waals surface area contributed by atoms with E-state index < -0.39 is 0 Å². The molecule has 120 valence electrons. The number of thioether (sulfide) groups is 1. The van der Waals surface area contributed by atoms with Crippen molar-refractivity contribution < 1.29 is 0 Å². The van der Waals surface area contributed by atoms with Crippen LogP contribution in [0.1, 0.15) is 71.1 Å². The summed E-state index contributed by atoms with van der Waals surface area (Å²) in [6.07, 6.45) is 17.9. The molecular weight excluding hydrogens is 278 g/mol. The largest absolute Gasteiger partial charge is 0.350 e. The highest BCUT2D eigenvalue weighted by Crippen LogP contribution is 2.24. The van der Waals surface area contributed by atoms with E-state index in [0.29, 0.717) is 0 Å². The first kappa shape index (κ1) is 18.2. The average molecular weight is 310 g/mol. The van der Waals surface area contributed by atoms with Crippen LogP contribution in [0.3, 0.4) is 0 Å². The Morgan fingerprint density at radius 2 is 1.52 bits per heavy atom. The lowest BCUT2D eigenvalue weighted by atomic mass is 10.1. The minimum atomic E-state index is 0.175. The maximum absolute atomic E-state index is 8.84. The van der Waals surface area contributed by atoms with Gasteiger partial charge in [-0.3, -0.25) is 0 Å². The highest BCUT2D eigenvalue weighted by molar-refractivity contribution is 8.04. The van der Waals surface area contributed by atoms with E-state index in [0.717, 1.165) is 6.54 Å². The molecular formula is C17H31N3S. The van der Waals surface area contributed by atoms with Crippen molar-refractivity contribution in [2.75, 3.05) is 13.6 Å². The van der Waals surface area contributed by atoms with Crippen molar-refractivity contribution in [2.24, 2.45) is 0 Å². The zero-order chi connectivity index (χ0) is 15.3. The van der Waals surface area contributed by atoms with Crippen LogP contribution in [0.4, 0.5) is 0 Å². The van der Waals surface area contributed by atoms with Gasteiger partial charge in [-0.2, -0.15) is 5.26 Å². The van der Waals surface area contributed by atoms with Gasteiger partial charge in [-0.1, -0.05) is 64.7 Å². The van der Waals surface area contributed by atoms with Crippen LogP contribution in [0.5, 0.6) is 0 Å². The molecule has 0 amide bonds. The van der Waals surface area contributed by atoms with Gasteiger partial charge in [0.2, 0.25) is 0 Å². The summed E-state index contributed by atoms with van der Waals surface area (Å²) in [5.74, 6) is 0. The van der Waals surface area contributed by atoms with Crippen LogP contribution in [0.15, 0.2) is 12.4 Å². The Kier molecular flexibility index (Phi) is 10.2. The Balaban J connectivity index is 1.95.